The van der Waals surface area contributed by atoms with E-state index in [1.54, 1.807) is 23.1 Å². The summed E-state index contributed by atoms with van der Waals surface area (Å²) in [6.07, 6.45) is -0.585. The Labute approximate surface area is 329 Å². The number of thiazole rings is 1. The highest BCUT2D eigenvalue weighted by molar-refractivity contribution is 8.01. The van der Waals surface area contributed by atoms with E-state index < -0.39 is 24.3 Å². The van der Waals surface area contributed by atoms with Crippen LogP contribution in [0.1, 0.15) is 47.1 Å². The number of carbonyl (C=O) groups excluding carboxylic acids is 2. The fourth-order valence-electron chi connectivity index (χ4n) is 6.65. The molecule has 55 heavy (non-hydrogen) atoms. The Morgan fingerprint density at radius 3 is 2.31 bits per heavy atom. The van der Waals surface area contributed by atoms with Crippen molar-refractivity contribution >= 4 is 45.3 Å². The monoisotopic (exact) mass is 773 g/mol. The number of aliphatic hydroxyl groups excluding tert-OH is 1. The van der Waals surface area contributed by atoms with Gasteiger partial charge in [0.15, 0.2) is 10.6 Å². The van der Waals surface area contributed by atoms with Gasteiger partial charge < -0.3 is 30.0 Å². The van der Waals surface area contributed by atoms with Crippen molar-refractivity contribution < 1.29 is 28.9 Å². The number of thioether (sulfide) groups is 1. The predicted octanol–water partition coefficient (Wildman–Crippen LogP) is 8.62. The van der Waals surface area contributed by atoms with Crippen LogP contribution in [0.15, 0.2) is 132 Å². The van der Waals surface area contributed by atoms with E-state index in [2.05, 4.69) is 35.8 Å². The first-order valence-corrected chi connectivity index (χ1v) is 20.0. The van der Waals surface area contributed by atoms with Crippen LogP contribution in [0.2, 0.25) is 0 Å². The van der Waals surface area contributed by atoms with E-state index in [-0.39, 0.29) is 31.3 Å². The molecule has 5 aromatic carbocycles. The zero-order valence-corrected chi connectivity index (χ0v) is 32.2. The summed E-state index contributed by atoms with van der Waals surface area (Å²) in [6.45, 7) is 2.43. The minimum atomic E-state index is -0.813. The average Bonchev–Trinajstić information content (AvgIpc) is 3.66. The number of methoxy groups -OCH3 is 1. The third kappa shape index (κ3) is 9.62. The number of para-hydroxylation sites is 1. The van der Waals surface area contributed by atoms with E-state index >= 15 is 0 Å². The largest absolute Gasteiger partial charge is 0.467 e. The molecule has 5 atom stereocenters. The van der Waals surface area contributed by atoms with Crippen LogP contribution >= 0.6 is 23.1 Å². The number of benzene rings is 5. The summed E-state index contributed by atoms with van der Waals surface area (Å²) in [6, 6.07) is 40.5. The van der Waals surface area contributed by atoms with Gasteiger partial charge in [-0.15, -0.1) is 11.3 Å². The van der Waals surface area contributed by atoms with E-state index in [0.29, 0.717) is 6.42 Å². The molecule has 1 aliphatic heterocycles. The highest BCUT2D eigenvalue weighted by Gasteiger charge is 2.38. The van der Waals surface area contributed by atoms with Gasteiger partial charge in [0.2, 0.25) is 0 Å². The van der Waals surface area contributed by atoms with Crippen molar-refractivity contribution in [3.63, 3.8) is 0 Å². The molecular formula is C44H43N3O6S2. The van der Waals surface area contributed by atoms with Crippen LogP contribution in [0, 0.1) is 5.92 Å². The quantitative estimate of drug-likeness (QED) is 0.0789. The zero-order chi connectivity index (χ0) is 38.1. The smallest absolute Gasteiger partial charge is 0.328 e. The molecule has 0 bridgehead atoms. The first kappa shape index (κ1) is 38.2. The molecule has 7 rings (SSSR count). The Balaban J connectivity index is 1.02. The number of esters is 1. The number of fused-ring (bicyclic) bond motifs is 1. The van der Waals surface area contributed by atoms with Crippen molar-refractivity contribution in [2.24, 2.45) is 5.92 Å². The third-order valence-electron chi connectivity index (χ3n) is 9.74. The molecule has 0 unspecified atom stereocenters. The standard InChI is InChI=1S/C44H43N3O6S2/c1-28-38(27-54-44-47-36-13-6-7-14-39(36)55-44)52-42(53-40(28)33-17-15-30(26-48)16-18-33)34-21-19-32(20-22-34)35-12-8-11-31(23-35)25-45-43(50)46-37(41(49)51-2)24-29-9-4-3-5-10-29/h3-23,28,37-38,40,42,48H,24-27H2,1-2H3,(H2,45,46,50)/t28-,37-,38+,40+,42+/m0/s1. The highest BCUT2D eigenvalue weighted by atomic mass is 32.2. The fraction of sp³-hybridized carbons (Fsp3) is 0.250. The van der Waals surface area contributed by atoms with Crippen molar-refractivity contribution in [1.29, 1.82) is 0 Å². The number of carbonyl (C=O) groups is 2. The summed E-state index contributed by atoms with van der Waals surface area (Å²) in [5.74, 6) is 0.277. The molecule has 0 radical (unpaired) electrons. The van der Waals surface area contributed by atoms with Gasteiger partial charge in [0, 0.05) is 30.2 Å². The molecule has 11 heteroatoms. The fourth-order valence-corrected chi connectivity index (χ4v) is 8.90. The lowest BCUT2D eigenvalue weighted by Gasteiger charge is -2.41. The second-order valence-corrected chi connectivity index (χ2v) is 15.8. The van der Waals surface area contributed by atoms with E-state index in [1.807, 2.05) is 109 Å². The first-order valence-electron chi connectivity index (χ1n) is 18.2. The Bertz CT molecular complexity index is 2160. The minimum Gasteiger partial charge on any atom is -0.467 e. The summed E-state index contributed by atoms with van der Waals surface area (Å²) >= 11 is 3.41. The lowest BCUT2D eigenvalue weighted by molar-refractivity contribution is -0.268. The Morgan fingerprint density at radius 1 is 0.836 bits per heavy atom. The number of aromatic nitrogens is 1. The maximum atomic E-state index is 12.8. The average molecular weight is 774 g/mol. The van der Waals surface area contributed by atoms with Crippen LogP contribution in [0.5, 0.6) is 0 Å². The normalized spacial score (nSPS) is 18.7. The second kappa shape index (κ2) is 18.1. The second-order valence-electron chi connectivity index (χ2n) is 13.5. The molecule has 6 aromatic rings. The molecular weight excluding hydrogens is 731 g/mol. The van der Waals surface area contributed by atoms with Gasteiger partial charge in [0.1, 0.15) is 6.04 Å². The van der Waals surface area contributed by atoms with Gasteiger partial charge in [0.25, 0.3) is 0 Å². The predicted molar refractivity (Wildman–Crippen MR) is 217 cm³/mol. The SMILES string of the molecule is COC(=O)[C@H](Cc1ccccc1)NC(=O)NCc1cccc(-c2ccc([C@@H]3O[C@H](CSc4nc5ccccc5s4)[C@H](C)[C@H](c4ccc(CO)cc4)O3)cc2)c1. The van der Waals surface area contributed by atoms with Crippen molar-refractivity contribution in [2.45, 2.75) is 55.4 Å². The number of nitrogens with zero attached hydrogens (tertiary/aromatic N) is 1. The maximum Gasteiger partial charge on any atom is 0.328 e. The van der Waals surface area contributed by atoms with Crippen molar-refractivity contribution in [3.8, 4) is 11.1 Å². The summed E-state index contributed by atoms with van der Waals surface area (Å²) < 4.78 is 20.5. The number of amides is 2. The molecule has 0 aliphatic carbocycles. The van der Waals surface area contributed by atoms with Gasteiger partial charge in [-0.3, -0.25) is 0 Å². The molecule has 2 amide bonds. The van der Waals surface area contributed by atoms with Gasteiger partial charge in [-0.05, 0) is 51.6 Å². The lowest BCUT2D eigenvalue weighted by Crippen LogP contribution is -2.47. The molecule has 2 heterocycles. The molecule has 1 aromatic heterocycles. The zero-order valence-electron chi connectivity index (χ0n) is 30.6. The van der Waals surface area contributed by atoms with E-state index in [1.165, 1.54) is 11.8 Å². The number of nitrogens with one attached hydrogen (secondary N) is 2. The van der Waals surface area contributed by atoms with Gasteiger partial charge in [-0.1, -0.05) is 128 Å². The van der Waals surface area contributed by atoms with Gasteiger partial charge in [-0.25, -0.2) is 14.6 Å². The molecule has 3 N–H and O–H groups in total. The number of hydrogen-bond donors (Lipinski definition) is 3. The van der Waals surface area contributed by atoms with Crippen molar-refractivity contribution in [1.82, 2.24) is 15.6 Å². The summed E-state index contributed by atoms with van der Waals surface area (Å²) in [4.78, 5) is 30.1. The molecule has 0 saturated carbocycles. The number of aliphatic hydroxyl groups is 1. The van der Waals surface area contributed by atoms with Crippen LogP contribution in [0.3, 0.4) is 0 Å². The number of hydrogen-bond acceptors (Lipinski definition) is 9. The van der Waals surface area contributed by atoms with Crippen LogP contribution < -0.4 is 10.6 Å². The number of rotatable bonds is 13. The number of ether oxygens (including phenoxy) is 3. The summed E-state index contributed by atoms with van der Waals surface area (Å²) in [5, 5.41) is 15.3. The summed E-state index contributed by atoms with van der Waals surface area (Å²) in [5.41, 5.74) is 7.64. The van der Waals surface area contributed by atoms with E-state index in [0.717, 1.165) is 54.6 Å². The molecule has 1 saturated heterocycles. The van der Waals surface area contributed by atoms with Crippen LogP contribution in [0.25, 0.3) is 21.3 Å². The lowest BCUT2D eigenvalue weighted by atomic mass is 9.91. The Morgan fingerprint density at radius 2 is 1.56 bits per heavy atom. The molecule has 0 spiro atoms. The molecule has 282 valence electrons. The first-order chi connectivity index (χ1) is 26.9. The van der Waals surface area contributed by atoms with E-state index in [9.17, 15) is 14.7 Å². The Kier molecular flexibility index (Phi) is 12.6. The Hall–Kier alpha value is -5.04. The maximum absolute atomic E-state index is 12.8. The topological polar surface area (TPSA) is 119 Å². The number of urea groups is 1. The minimum absolute atomic E-state index is 0.0116. The van der Waals surface area contributed by atoms with Crippen LogP contribution in [0.4, 0.5) is 4.79 Å². The van der Waals surface area contributed by atoms with E-state index in [4.69, 9.17) is 19.2 Å². The highest BCUT2D eigenvalue weighted by Crippen LogP contribution is 2.44. The van der Waals surface area contributed by atoms with Gasteiger partial charge >= 0.3 is 12.0 Å². The van der Waals surface area contributed by atoms with Gasteiger partial charge in [0.05, 0.1) is 36.1 Å². The summed E-state index contributed by atoms with van der Waals surface area (Å²) in [7, 11) is 1.31. The van der Waals surface area contributed by atoms with Crippen molar-refractivity contribution in [2.75, 3.05) is 12.9 Å². The van der Waals surface area contributed by atoms with Crippen LogP contribution in [-0.2, 0) is 38.6 Å². The molecule has 9 nitrogen and oxygen atoms in total. The molecule has 1 aliphatic rings. The van der Waals surface area contributed by atoms with Crippen molar-refractivity contribution in [3.05, 3.63) is 155 Å². The van der Waals surface area contributed by atoms with Crippen LogP contribution in [-0.4, -0.2) is 47.1 Å². The van der Waals surface area contributed by atoms with Gasteiger partial charge in [-0.2, -0.15) is 0 Å². The third-order valence-corrected chi connectivity index (χ3v) is 12.0. The molecule has 1 fully saturated rings.